The third-order valence-electron chi connectivity index (χ3n) is 4.29. The molecule has 1 aromatic rings. The Kier molecular flexibility index (Phi) is 5.74. The molecule has 2 rings (SSSR count). The van der Waals surface area contributed by atoms with Crippen molar-refractivity contribution in [3.8, 4) is 5.75 Å². The number of hydrogen-bond acceptors (Lipinski definition) is 5. The van der Waals surface area contributed by atoms with E-state index in [2.05, 4.69) is 18.7 Å². The van der Waals surface area contributed by atoms with Crippen LogP contribution in [-0.4, -0.2) is 46.3 Å². The van der Waals surface area contributed by atoms with Crippen LogP contribution >= 0.6 is 0 Å². The second kappa shape index (κ2) is 7.56. The van der Waals surface area contributed by atoms with Gasteiger partial charge in [0, 0.05) is 30.8 Å². The van der Waals surface area contributed by atoms with E-state index in [0.29, 0.717) is 24.4 Å². The molecule has 1 saturated heterocycles. The summed E-state index contributed by atoms with van der Waals surface area (Å²) in [4.78, 5) is 12.5. The van der Waals surface area contributed by atoms with Crippen molar-refractivity contribution in [1.29, 1.82) is 0 Å². The fourth-order valence-corrected chi connectivity index (χ4v) is 2.99. The zero-order valence-corrected chi connectivity index (χ0v) is 13.1. The third-order valence-corrected chi connectivity index (χ3v) is 4.29. The van der Waals surface area contributed by atoms with Crippen molar-refractivity contribution < 1.29 is 14.8 Å². The summed E-state index contributed by atoms with van der Waals surface area (Å²) in [5, 5.41) is 20.7. The molecule has 6 nitrogen and oxygen atoms in total. The summed E-state index contributed by atoms with van der Waals surface area (Å²) in [6.45, 7) is 5.17. The number of likely N-dealkylation sites (tertiary alicyclic amines) is 1. The second-order valence-corrected chi connectivity index (χ2v) is 6.04. The highest BCUT2D eigenvalue weighted by atomic mass is 16.6. The maximum Gasteiger partial charge on any atom is 0.269 e. The summed E-state index contributed by atoms with van der Waals surface area (Å²) in [6, 6.07) is 6.87. The van der Waals surface area contributed by atoms with Gasteiger partial charge in [0.2, 0.25) is 0 Å². The summed E-state index contributed by atoms with van der Waals surface area (Å²) in [5.41, 5.74) is 0.0314. The Bertz CT molecular complexity index is 481. The number of piperidine rings is 1. The number of β-amino-alcohol motifs (C(OH)–C–C–N with tert-alkyl or cyclic N) is 1. The Morgan fingerprint density at radius 1 is 1.32 bits per heavy atom. The Balaban J connectivity index is 1.81. The van der Waals surface area contributed by atoms with Gasteiger partial charge in [0.15, 0.2) is 0 Å². The number of non-ortho nitro benzene ring substituents is 1. The van der Waals surface area contributed by atoms with E-state index in [-0.39, 0.29) is 12.3 Å². The second-order valence-electron chi connectivity index (χ2n) is 6.04. The zero-order valence-electron chi connectivity index (χ0n) is 13.1. The molecule has 0 saturated carbocycles. The lowest BCUT2D eigenvalue weighted by Crippen LogP contribution is -2.48. The molecule has 0 amide bonds. The molecule has 1 aromatic carbocycles. The smallest absolute Gasteiger partial charge is 0.269 e. The third kappa shape index (κ3) is 4.42. The minimum absolute atomic E-state index is 0.0314. The largest absolute Gasteiger partial charge is 0.491 e. The molecule has 6 heteroatoms. The standard InChI is InChI=1S/C16H24N2O4/c1-12-4-3-5-13(2)17(12)10-15(19)11-22-16-8-6-14(7-9-16)18(20)21/h6-9,12-13,15,19H,3-5,10-11H2,1-2H3/t12-,13-,15-/m0/s1. The highest BCUT2D eigenvalue weighted by Crippen LogP contribution is 2.23. The fourth-order valence-electron chi connectivity index (χ4n) is 2.99. The topological polar surface area (TPSA) is 75.8 Å². The molecule has 1 aliphatic rings. The normalized spacial score (nSPS) is 24.0. The van der Waals surface area contributed by atoms with Gasteiger partial charge < -0.3 is 9.84 Å². The van der Waals surface area contributed by atoms with Gasteiger partial charge in [-0.15, -0.1) is 0 Å². The van der Waals surface area contributed by atoms with Crippen LogP contribution in [0.2, 0.25) is 0 Å². The van der Waals surface area contributed by atoms with Gasteiger partial charge in [0.05, 0.1) is 4.92 Å². The molecule has 1 aliphatic heterocycles. The molecule has 1 N–H and O–H groups in total. The molecule has 0 spiro atoms. The van der Waals surface area contributed by atoms with E-state index in [1.807, 2.05) is 0 Å². The van der Waals surface area contributed by atoms with Crippen molar-refractivity contribution in [2.75, 3.05) is 13.2 Å². The average molecular weight is 308 g/mol. The van der Waals surface area contributed by atoms with Crippen LogP contribution < -0.4 is 4.74 Å². The summed E-state index contributed by atoms with van der Waals surface area (Å²) in [7, 11) is 0. The molecule has 1 fully saturated rings. The molecule has 0 bridgehead atoms. The van der Waals surface area contributed by atoms with Gasteiger partial charge in [0.25, 0.3) is 5.69 Å². The molecular formula is C16H24N2O4. The predicted octanol–water partition coefficient (Wildman–Crippen LogP) is 2.60. The van der Waals surface area contributed by atoms with Crippen molar-refractivity contribution in [1.82, 2.24) is 4.90 Å². The van der Waals surface area contributed by atoms with Gasteiger partial charge >= 0.3 is 0 Å². The van der Waals surface area contributed by atoms with Gasteiger partial charge in [-0.05, 0) is 38.8 Å². The Labute approximate surface area is 130 Å². The van der Waals surface area contributed by atoms with Crippen LogP contribution in [0.15, 0.2) is 24.3 Å². The molecule has 0 aromatic heterocycles. The van der Waals surface area contributed by atoms with Crippen LogP contribution in [0.1, 0.15) is 33.1 Å². The number of nitro benzene ring substituents is 1. The van der Waals surface area contributed by atoms with E-state index < -0.39 is 11.0 Å². The molecule has 0 radical (unpaired) electrons. The van der Waals surface area contributed by atoms with Crippen molar-refractivity contribution in [2.45, 2.75) is 51.3 Å². The molecular weight excluding hydrogens is 284 g/mol. The first-order chi connectivity index (χ1) is 10.5. The van der Waals surface area contributed by atoms with Crippen molar-refractivity contribution >= 4 is 5.69 Å². The summed E-state index contributed by atoms with van der Waals surface area (Å²) in [6.07, 6.45) is 3.01. The van der Waals surface area contributed by atoms with Gasteiger partial charge in [-0.1, -0.05) is 6.42 Å². The fraction of sp³-hybridized carbons (Fsp3) is 0.625. The van der Waals surface area contributed by atoms with E-state index in [1.54, 1.807) is 12.1 Å². The number of rotatable bonds is 6. The number of ether oxygens (including phenoxy) is 1. The van der Waals surface area contributed by atoms with E-state index in [1.165, 1.54) is 31.4 Å². The van der Waals surface area contributed by atoms with Gasteiger partial charge in [-0.2, -0.15) is 0 Å². The lowest BCUT2D eigenvalue weighted by molar-refractivity contribution is -0.384. The van der Waals surface area contributed by atoms with Crippen LogP contribution in [0.5, 0.6) is 5.75 Å². The Morgan fingerprint density at radius 3 is 2.45 bits per heavy atom. The molecule has 0 unspecified atom stereocenters. The number of hydrogen-bond donors (Lipinski definition) is 1. The van der Waals surface area contributed by atoms with Crippen molar-refractivity contribution in [2.24, 2.45) is 0 Å². The average Bonchev–Trinajstić information content (AvgIpc) is 2.49. The van der Waals surface area contributed by atoms with E-state index in [9.17, 15) is 15.2 Å². The first-order valence-corrected chi connectivity index (χ1v) is 7.78. The van der Waals surface area contributed by atoms with E-state index >= 15 is 0 Å². The maximum atomic E-state index is 10.6. The lowest BCUT2D eigenvalue weighted by atomic mass is 9.97. The zero-order chi connectivity index (χ0) is 16.1. The van der Waals surface area contributed by atoms with Crippen LogP contribution in [0.4, 0.5) is 5.69 Å². The van der Waals surface area contributed by atoms with E-state index in [4.69, 9.17) is 4.74 Å². The molecule has 1 heterocycles. The predicted molar refractivity (Wildman–Crippen MR) is 84.1 cm³/mol. The molecule has 122 valence electrons. The van der Waals surface area contributed by atoms with Crippen molar-refractivity contribution in [3.63, 3.8) is 0 Å². The number of aliphatic hydroxyl groups is 1. The summed E-state index contributed by atoms with van der Waals surface area (Å²) in [5.74, 6) is 0.532. The first-order valence-electron chi connectivity index (χ1n) is 7.78. The van der Waals surface area contributed by atoms with Crippen LogP contribution in [-0.2, 0) is 0 Å². The maximum absolute atomic E-state index is 10.6. The lowest BCUT2D eigenvalue weighted by Gasteiger charge is -2.40. The highest BCUT2D eigenvalue weighted by molar-refractivity contribution is 5.35. The van der Waals surface area contributed by atoms with E-state index in [0.717, 1.165) is 0 Å². The summed E-state index contributed by atoms with van der Waals surface area (Å²) < 4.78 is 5.52. The van der Waals surface area contributed by atoms with Gasteiger partial charge in [0.1, 0.15) is 18.5 Å². The monoisotopic (exact) mass is 308 g/mol. The molecule has 22 heavy (non-hydrogen) atoms. The van der Waals surface area contributed by atoms with Crippen LogP contribution in [0, 0.1) is 10.1 Å². The Hall–Kier alpha value is -1.66. The first kappa shape index (κ1) is 16.7. The minimum Gasteiger partial charge on any atom is -0.491 e. The highest BCUT2D eigenvalue weighted by Gasteiger charge is 2.26. The van der Waals surface area contributed by atoms with Gasteiger partial charge in [-0.3, -0.25) is 15.0 Å². The Morgan fingerprint density at radius 2 is 1.91 bits per heavy atom. The SMILES string of the molecule is C[C@H]1CCC[C@H](C)N1C[C@H](O)COc1ccc([N+](=O)[O-])cc1. The quantitative estimate of drug-likeness (QED) is 0.646. The molecule has 3 atom stereocenters. The van der Waals surface area contributed by atoms with Gasteiger partial charge in [-0.25, -0.2) is 0 Å². The number of benzene rings is 1. The number of nitrogens with zero attached hydrogens (tertiary/aromatic N) is 2. The minimum atomic E-state index is -0.571. The summed E-state index contributed by atoms with van der Waals surface area (Å²) >= 11 is 0. The van der Waals surface area contributed by atoms with Crippen LogP contribution in [0.3, 0.4) is 0 Å². The van der Waals surface area contributed by atoms with Crippen LogP contribution in [0.25, 0.3) is 0 Å². The number of aliphatic hydroxyl groups excluding tert-OH is 1. The molecule has 0 aliphatic carbocycles. The van der Waals surface area contributed by atoms with Crippen molar-refractivity contribution in [3.05, 3.63) is 34.4 Å². The number of nitro groups is 1.